The van der Waals surface area contributed by atoms with Gasteiger partial charge in [-0.05, 0) is 40.4 Å². The van der Waals surface area contributed by atoms with Gasteiger partial charge in [0.15, 0.2) is 0 Å². The molecule has 0 saturated heterocycles. The highest BCUT2D eigenvalue weighted by molar-refractivity contribution is 6.67. The summed E-state index contributed by atoms with van der Waals surface area (Å²) in [7, 11) is 0. The number of rotatable bonds is 3. The molecule has 0 fully saturated rings. The van der Waals surface area contributed by atoms with Crippen molar-refractivity contribution in [1.29, 1.82) is 0 Å². The highest BCUT2D eigenvalue weighted by Crippen LogP contribution is 2.25. The lowest BCUT2D eigenvalue weighted by Crippen LogP contribution is -1.89. The number of benzene rings is 2. The lowest BCUT2D eigenvalue weighted by Gasteiger charge is -2.07. The summed E-state index contributed by atoms with van der Waals surface area (Å²) in [6, 6.07) is 15.1. The van der Waals surface area contributed by atoms with Crippen LogP contribution in [0, 0.1) is 0 Å². The van der Waals surface area contributed by atoms with Gasteiger partial charge in [-0.1, -0.05) is 36.4 Å². The number of hydrogen-bond acceptors (Lipinski definition) is 1. The number of halogens is 2. The van der Waals surface area contributed by atoms with E-state index in [4.69, 9.17) is 23.2 Å². The maximum Gasteiger partial charge on any atom is 0.252 e. The molecule has 86 valence electrons. The molecule has 17 heavy (non-hydrogen) atoms. The third kappa shape index (κ3) is 2.68. The van der Waals surface area contributed by atoms with Crippen molar-refractivity contribution < 1.29 is 4.79 Å². The SMILES string of the molecule is O=C(Cl)c1ccc(-c2ccccc2CCl)cc1. The van der Waals surface area contributed by atoms with E-state index < -0.39 is 5.24 Å². The molecule has 2 aromatic carbocycles. The molecule has 2 aromatic rings. The van der Waals surface area contributed by atoms with Gasteiger partial charge in [0.25, 0.3) is 5.24 Å². The second kappa shape index (κ2) is 5.35. The summed E-state index contributed by atoms with van der Waals surface area (Å²) in [5.41, 5.74) is 3.68. The van der Waals surface area contributed by atoms with Crippen LogP contribution in [0.2, 0.25) is 0 Å². The van der Waals surface area contributed by atoms with E-state index >= 15 is 0 Å². The first-order valence-corrected chi connectivity index (χ1v) is 6.08. The van der Waals surface area contributed by atoms with Gasteiger partial charge in [0, 0.05) is 11.4 Å². The molecule has 0 saturated carbocycles. The molecule has 0 unspecified atom stereocenters. The second-order valence-corrected chi connectivity index (χ2v) is 4.25. The Balaban J connectivity index is 2.43. The monoisotopic (exact) mass is 264 g/mol. The molecular weight excluding hydrogens is 255 g/mol. The number of hydrogen-bond donors (Lipinski definition) is 0. The van der Waals surface area contributed by atoms with E-state index in [1.54, 1.807) is 12.1 Å². The largest absolute Gasteiger partial charge is 0.276 e. The Morgan fingerprint density at radius 3 is 2.24 bits per heavy atom. The number of carbonyl (C=O) groups excluding carboxylic acids is 1. The molecule has 0 aliphatic rings. The van der Waals surface area contributed by atoms with E-state index in [9.17, 15) is 4.79 Å². The molecule has 0 bridgehead atoms. The molecule has 0 spiro atoms. The minimum absolute atomic E-state index is 0.442. The van der Waals surface area contributed by atoms with Crippen LogP contribution in [0.5, 0.6) is 0 Å². The van der Waals surface area contributed by atoms with E-state index in [-0.39, 0.29) is 0 Å². The number of carbonyl (C=O) groups is 1. The second-order valence-electron chi connectivity index (χ2n) is 3.64. The van der Waals surface area contributed by atoms with Gasteiger partial charge in [-0.15, -0.1) is 11.6 Å². The minimum Gasteiger partial charge on any atom is -0.276 e. The van der Waals surface area contributed by atoms with Crippen molar-refractivity contribution in [1.82, 2.24) is 0 Å². The summed E-state index contributed by atoms with van der Waals surface area (Å²) in [4.78, 5) is 11.0. The van der Waals surface area contributed by atoms with Gasteiger partial charge in [0.2, 0.25) is 0 Å². The fourth-order valence-electron chi connectivity index (χ4n) is 1.70. The Hall–Kier alpha value is -1.31. The van der Waals surface area contributed by atoms with Crippen LogP contribution in [0.1, 0.15) is 15.9 Å². The summed E-state index contributed by atoms with van der Waals surface area (Å²) >= 11 is 11.3. The van der Waals surface area contributed by atoms with Gasteiger partial charge < -0.3 is 0 Å². The third-order valence-corrected chi connectivity index (χ3v) is 3.09. The first kappa shape index (κ1) is 12.2. The molecule has 0 N–H and O–H groups in total. The summed E-state index contributed by atoms with van der Waals surface area (Å²) in [6.07, 6.45) is 0. The Bertz CT molecular complexity index is 532. The van der Waals surface area contributed by atoms with E-state index in [1.807, 2.05) is 36.4 Å². The predicted molar refractivity (Wildman–Crippen MR) is 71.6 cm³/mol. The molecule has 0 heterocycles. The van der Waals surface area contributed by atoms with Gasteiger partial charge in [-0.2, -0.15) is 0 Å². The molecule has 1 nitrogen and oxygen atoms in total. The first-order valence-electron chi connectivity index (χ1n) is 5.16. The Kier molecular flexibility index (Phi) is 3.82. The molecule has 2 rings (SSSR count). The highest BCUT2D eigenvalue weighted by Gasteiger charge is 2.05. The topological polar surface area (TPSA) is 17.1 Å². The van der Waals surface area contributed by atoms with Crippen LogP contribution < -0.4 is 0 Å². The molecule has 0 aromatic heterocycles. The lowest BCUT2D eigenvalue weighted by molar-refractivity contribution is 0.108. The van der Waals surface area contributed by atoms with E-state index in [2.05, 4.69) is 0 Å². The van der Waals surface area contributed by atoms with Crippen LogP contribution in [0.25, 0.3) is 11.1 Å². The Morgan fingerprint density at radius 2 is 1.65 bits per heavy atom. The molecular formula is C14H10Cl2O. The van der Waals surface area contributed by atoms with Gasteiger partial charge in [0.1, 0.15) is 0 Å². The first-order chi connectivity index (χ1) is 8.22. The Labute approximate surface area is 110 Å². The van der Waals surface area contributed by atoms with Crippen LogP contribution in [0.4, 0.5) is 0 Å². The van der Waals surface area contributed by atoms with Crippen molar-refractivity contribution in [3.63, 3.8) is 0 Å². The summed E-state index contributed by atoms with van der Waals surface area (Å²) < 4.78 is 0. The summed E-state index contributed by atoms with van der Waals surface area (Å²) in [5, 5.41) is -0.442. The lowest BCUT2D eigenvalue weighted by atomic mass is 10.00. The van der Waals surface area contributed by atoms with Crippen molar-refractivity contribution >= 4 is 28.4 Å². The smallest absolute Gasteiger partial charge is 0.252 e. The molecule has 0 aliphatic carbocycles. The highest BCUT2D eigenvalue weighted by atomic mass is 35.5. The normalized spacial score (nSPS) is 10.2. The predicted octanol–water partition coefficient (Wildman–Crippen LogP) is 4.47. The quantitative estimate of drug-likeness (QED) is 0.591. The van der Waals surface area contributed by atoms with Crippen LogP contribution in [0.15, 0.2) is 48.5 Å². The minimum atomic E-state index is -0.442. The van der Waals surface area contributed by atoms with Gasteiger partial charge in [-0.3, -0.25) is 4.79 Å². The van der Waals surface area contributed by atoms with Crippen LogP contribution in [0.3, 0.4) is 0 Å². The Morgan fingerprint density at radius 1 is 1.00 bits per heavy atom. The fraction of sp³-hybridized carbons (Fsp3) is 0.0714. The van der Waals surface area contributed by atoms with Crippen LogP contribution in [-0.4, -0.2) is 5.24 Å². The van der Waals surface area contributed by atoms with Crippen LogP contribution >= 0.6 is 23.2 Å². The third-order valence-electron chi connectivity index (χ3n) is 2.58. The van der Waals surface area contributed by atoms with Crippen molar-refractivity contribution in [3.05, 3.63) is 59.7 Å². The molecule has 0 aliphatic heterocycles. The van der Waals surface area contributed by atoms with Crippen LogP contribution in [-0.2, 0) is 5.88 Å². The zero-order valence-electron chi connectivity index (χ0n) is 8.99. The molecule has 0 radical (unpaired) electrons. The van der Waals surface area contributed by atoms with Crippen molar-refractivity contribution in [2.45, 2.75) is 5.88 Å². The number of alkyl halides is 1. The van der Waals surface area contributed by atoms with Crippen molar-refractivity contribution in [2.75, 3.05) is 0 Å². The standard InChI is InChI=1S/C14H10Cl2O/c15-9-12-3-1-2-4-13(12)10-5-7-11(8-6-10)14(16)17/h1-8H,9H2. The average molecular weight is 265 g/mol. The summed E-state index contributed by atoms with van der Waals surface area (Å²) in [6.45, 7) is 0. The van der Waals surface area contributed by atoms with E-state index in [0.29, 0.717) is 11.4 Å². The van der Waals surface area contributed by atoms with E-state index in [1.165, 1.54) is 0 Å². The summed E-state index contributed by atoms with van der Waals surface area (Å²) in [5.74, 6) is 0.465. The molecule has 3 heteroatoms. The average Bonchev–Trinajstić information content (AvgIpc) is 2.39. The molecule has 0 amide bonds. The van der Waals surface area contributed by atoms with Gasteiger partial charge in [0.05, 0.1) is 0 Å². The zero-order valence-corrected chi connectivity index (χ0v) is 10.5. The van der Waals surface area contributed by atoms with Gasteiger partial charge in [-0.25, -0.2) is 0 Å². The maximum atomic E-state index is 11.0. The molecule has 0 atom stereocenters. The van der Waals surface area contributed by atoms with E-state index in [0.717, 1.165) is 16.7 Å². The van der Waals surface area contributed by atoms with Gasteiger partial charge >= 0.3 is 0 Å². The maximum absolute atomic E-state index is 11.0. The fourth-order valence-corrected chi connectivity index (χ4v) is 2.06. The zero-order chi connectivity index (χ0) is 12.3. The van der Waals surface area contributed by atoms with Crippen molar-refractivity contribution in [2.24, 2.45) is 0 Å². The van der Waals surface area contributed by atoms with Crippen molar-refractivity contribution in [3.8, 4) is 11.1 Å².